The molecule has 2 aromatic heterocycles. The van der Waals surface area contributed by atoms with Gasteiger partial charge < -0.3 is 4.42 Å². The Balaban J connectivity index is 2.23. The average molecular weight is 264 g/mol. The summed E-state index contributed by atoms with van der Waals surface area (Å²) in [6, 6.07) is 5.60. The zero-order chi connectivity index (χ0) is 12.0. The van der Waals surface area contributed by atoms with E-state index < -0.39 is 0 Å². The van der Waals surface area contributed by atoms with Gasteiger partial charge in [0, 0.05) is 18.0 Å². The maximum absolute atomic E-state index is 11.4. The van der Waals surface area contributed by atoms with Gasteiger partial charge in [0.25, 0.3) is 0 Å². The highest BCUT2D eigenvalue weighted by Gasteiger charge is 2.09. The lowest BCUT2D eigenvalue weighted by atomic mass is 10.2. The predicted molar refractivity (Wildman–Crippen MR) is 69.8 cm³/mol. The normalized spacial score (nSPS) is 11.2. The van der Waals surface area contributed by atoms with E-state index in [1.165, 1.54) is 15.9 Å². The molecule has 0 fully saturated rings. The number of thiazole rings is 1. The first-order chi connectivity index (χ1) is 8.15. The van der Waals surface area contributed by atoms with Crippen molar-refractivity contribution in [2.24, 2.45) is 7.05 Å². The van der Waals surface area contributed by atoms with Gasteiger partial charge in [-0.2, -0.15) is 0 Å². The average Bonchev–Trinajstić information content (AvgIpc) is 2.85. The number of aromatic nitrogens is 2. The summed E-state index contributed by atoms with van der Waals surface area (Å²) in [5, 5.41) is 3.42. The molecule has 0 amide bonds. The van der Waals surface area contributed by atoms with E-state index in [1.54, 1.807) is 7.05 Å². The molecule has 6 heteroatoms. The van der Waals surface area contributed by atoms with Gasteiger partial charge in [0.05, 0.1) is 5.52 Å². The van der Waals surface area contributed by atoms with Crippen LogP contribution in [0.3, 0.4) is 0 Å². The van der Waals surface area contributed by atoms with Gasteiger partial charge in [-0.15, -0.1) is 24.0 Å². The number of aryl methyl sites for hydroxylation is 1. The third kappa shape index (κ3) is 1.69. The summed E-state index contributed by atoms with van der Waals surface area (Å²) in [5.41, 5.74) is 2.28. The molecule has 3 aromatic rings. The molecule has 4 nitrogen and oxygen atoms in total. The van der Waals surface area contributed by atoms with Crippen LogP contribution in [0.5, 0.6) is 0 Å². The Morgan fingerprint density at radius 2 is 2.29 bits per heavy atom. The van der Waals surface area contributed by atoms with Crippen molar-refractivity contribution in [3.8, 4) is 10.6 Å². The first-order valence-electron chi connectivity index (χ1n) is 4.89. The van der Waals surface area contributed by atoms with Crippen LogP contribution in [-0.4, -0.2) is 9.55 Å². The number of thiol groups is 1. The molecular formula is C11H8N2O2S2. The van der Waals surface area contributed by atoms with Crippen molar-refractivity contribution in [1.29, 1.82) is 0 Å². The van der Waals surface area contributed by atoms with Crippen molar-refractivity contribution >= 4 is 35.1 Å². The van der Waals surface area contributed by atoms with E-state index in [-0.39, 0.29) is 5.76 Å². The summed E-state index contributed by atoms with van der Waals surface area (Å²) in [5.74, 6) is -0.355. The first-order valence-corrected chi connectivity index (χ1v) is 6.22. The number of fused-ring (bicyclic) bond motifs is 1. The van der Waals surface area contributed by atoms with Crippen LogP contribution in [0.2, 0.25) is 0 Å². The maximum Gasteiger partial charge on any atom is 0.419 e. The quantitative estimate of drug-likeness (QED) is 0.687. The van der Waals surface area contributed by atoms with Gasteiger partial charge in [-0.1, -0.05) is 0 Å². The summed E-state index contributed by atoms with van der Waals surface area (Å²) < 4.78 is 6.61. The van der Waals surface area contributed by atoms with Crippen LogP contribution in [0, 0.1) is 0 Å². The zero-order valence-electron chi connectivity index (χ0n) is 8.88. The third-order valence-corrected chi connectivity index (χ3v) is 3.83. The molecule has 0 aliphatic heterocycles. The molecule has 0 bridgehead atoms. The smallest absolute Gasteiger partial charge is 0.408 e. The summed E-state index contributed by atoms with van der Waals surface area (Å²) >= 11 is 5.68. The van der Waals surface area contributed by atoms with Crippen molar-refractivity contribution in [2.45, 2.75) is 5.03 Å². The summed E-state index contributed by atoms with van der Waals surface area (Å²) in [6.45, 7) is 0. The van der Waals surface area contributed by atoms with E-state index in [0.29, 0.717) is 10.6 Å². The first kappa shape index (κ1) is 10.6. The van der Waals surface area contributed by atoms with E-state index in [4.69, 9.17) is 4.42 Å². The molecule has 0 unspecified atom stereocenters. The largest absolute Gasteiger partial charge is 0.419 e. The van der Waals surface area contributed by atoms with E-state index in [2.05, 4.69) is 17.6 Å². The summed E-state index contributed by atoms with van der Waals surface area (Å²) in [7, 11) is 1.68. The molecule has 2 heterocycles. The molecule has 0 N–H and O–H groups in total. The lowest BCUT2D eigenvalue weighted by Gasteiger charge is -1.96. The zero-order valence-corrected chi connectivity index (χ0v) is 10.6. The Kier molecular flexibility index (Phi) is 2.34. The number of hydrogen-bond donors (Lipinski definition) is 1. The Morgan fingerprint density at radius 3 is 3.00 bits per heavy atom. The van der Waals surface area contributed by atoms with Gasteiger partial charge in [0.15, 0.2) is 5.58 Å². The van der Waals surface area contributed by atoms with Crippen molar-refractivity contribution in [2.75, 3.05) is 0 Å². The number of nitrogens with zero attached hydrogens (tertiary/aromatic N) is 2. The van der Waals surface area contributed by atoms with Crippen LogP contribution in [0.4, 0.5) is 0 Å². The molecule has 17 heavy (non-hydrogen) atoms. The summed E-state index contributed by atoms with van der Waals surface area (Å²) in [6.07, 6.45) is 0. The van der Waals surface area contributed by atoms with Crippen LogP contribution >= 0.6 is 24.0 Å². The molecule has 0 aliphatic rings. The Morgan fingerprint density at radius 1 is 1.47 bits per heavy atom. The third-order valence-electron chi connectivity index (χ3n) is 2.53. The van der Waals surface area contributed by atoms with Crippen molar-refractivity contribution in [3.05, 3.63) is 34.1 Å². The molecule has 86 valence electrons. The van der Waals surface area contributed by atoms with E-state index in [9.17, 15) is 4.79 Å². The minimum atomic E-state index is -0.355. The highest BCUT2D eigenvalue weighted by molar-refractivity contribution is 7.80. The second-order valence-electron chi connectivity index (χ2n) is 3.62. The number of oxazole rings is 1. The minimum absolute atomic E-state index is 0.355. The minimum Gasteiger partial charge on any atom is -0.408 e. The van der Waals surface area contributed by atoms with E-state index in [0.717, 1.165) is 16.1 Å². The van der Waals surface area contributed by atoms with Gasteiger partial charge in [0.1, 0.15) is 10.0 Å². The second kappa shape index (κ2) is 3.75. The standard InChI is InChI=1S/C11H8N2O2S2/c1-13-7-3-2-6(4-8(7)15-11(13)14)10-12-9(16)5-17-10/h2-5,16H,1H3. The molecule has 0 spiro atoms. The van der Waals surface area contributed by atoms with Crippen molar-refractivity contribution in [1.82, 2.24) is 9.55 Å². The molecule has 3 rings (SSSR count). The fourth-order valence-corrected chi connectivity index (χ4v) is 2.67. The molecule has 0 aliphatic carbocycles. The predicted octanol–water partition coefficient (Wildman–Crippen LogP) is 2.54. The van der Waals surface area contributed by atoms with Gasteiger partial charge in [0.2, 0.25) is 0 Å². The van der Waals surface area contributed by atoms with Crippen LogP contribution in [0.15, 0.2) is 37.8 Å². The fourth-order valence-electron chi connectivity index (χ4n) is 1.66. The summed E-state index contributed by atoms with van der Waals surface area (Å²) in [4.78, 5) is 15.6. The molecule has 1 aromatic carbocycles. The van der Waals surface area contributed by atoms with Crippen molar-refractivity contribution < 1.29 is 4.42 Å². The monoisotopic (exact) mass is 264 g/mol. The van der Waals surface area contributed by atoms with Gasteiger partial charge >= 0.3 is 5.76 Å². The molecule has 0 saturated heterocycles. The second-order valence-corrected chi connectivity index (χ2v) is 4.94. The number of rotatable bonds is 1. The number of hydrogen-bond acceptors (Lipinski definition) is 5. The van der Waals surface area contributed by atoms with Gasteiger partial charge in [-0.25, -0.2) is 9.78 Å². The lowest BCUT2D eigenvalue weighted by Crippen LogP contribution is -2.08. The highest BCUT2D eigenvalue weighted by Crippen LogP contribution is 2.27. The Bertz CT molecular complexity index is 754. The van der Waals surface area contributed by atoms with Crippen LogP contribution in [0.25, 0.3) is 21.7 Å². The fraction of sp³-hybridized carbons (Fsp3) is 0.0909. The van der Waals surface area contributed by atoms with Gasteiger partial charge in [-0.3, -0.25) is 4.57 Å². The van der Waals surface area contributed by atoms with Crippen LogP contribution in [-0.2, 0) is 7.05 Å². The van der Waals surface area contributed by atoms with E-state index in [1.807, 2.05) is 23.6 Å². The van der Waals surface area contributed by atoms with Crippen LogP contribution < -0.4 is 5.76 Å². The Hall–Kier alpha value is -1.53. The Labute approximate surface area is 106 Å². The molecule has 0 atom stereocenters. The van der Waals surface area contributed by atoms with Gasteiger partial charge in [-0.05, 0) is 18.2 Å². The molecule has 0 saturated carbocycles. The van der Waals surface area contributed by atoms with E-state index >= 15 is 0 Å². The molecular weight excluding hydrogens is 256 g/mol. The van der Waals surface area contributed by atoms with Crippen LogP contribution in [0.1, 0.15) is 0 Å². The topological polar surface area (TPSA) is 48.0 Å². The SMILES string of the molecule is Cn1c(=O)oc2cc(-c3nc(S)cs3)ccc21. The highest BCUT2D eigenvalue weighted by atomic mass is 32.1. The molecule has 0 radical (unpaired) electrons. The number of benzene rings is 1. The lowest BCUT2D eigenvalue weighted by molar-refractivity contribution is 0.528. The van der Waals surface area contributed by atoms with Crippen molar-refractivity contribution in [3.63, 3.8) is 0 Å². The maximum atomic E-state index is 11.4.